The van der Waals surface area contributed by atoms with E-state index in [2.05, 4.69) is 4.74 Å². The molecule has 0 amide bonds. The van der Waals surface area contributed by atoms with E-state index in [4.69, 9.17) is 11.5 Å². The van der Waals surface area contributed by atoms with Gasteiger partial charge in [-0.15, -0.1) is 0 Å². The molecule has 7 heteroatoms. The average molecular weight is 212 g/mol. The fourth-order valence-electron chi connectivity index (χ4n) is 1.57. The van der Waals surface area contributed by atoms with Gasteiger partial charge in [0.05, 0.1) is 12.1 Å². The van der Waals surface area contributed by atoms with Gasteiger partial charge >= 0.3 is 0 Å². The number of aliphatic hydroxyl groups excluding tert-OH is 2. The molecular weight excluding hydrogens is 198 g/mol. The topological polar surface area (TPSA) is 102 Å². The summed E-state index contributed by atoms with van der Waals surface area (Å²) in [6.07, 6.45) is -4.56. The van der Waals surface area contributed by atoms with Crippen molar-refractivity contribution < 1.29 is 23.7 Å². The van der Waals surface area contributed by atoms with Gasteiger partial charge in [-0.1, -0.05) is 0 Å². The summed E-state index contributed by atoms with van der Waals surface area (Å²) in [5.74, 6) is -3.46. The summed E-state index contributed by atoms with van der Waals surface area (Å²) >= 11 is 0. The molecule has 0 saturated heterocycles. The lowest BCUT2D eigenvalue weighted by Gasteiger charge is -2.44. The molecular formula is C7H14F2N2O3. The normalized spacial score (nSPS) is 47.8. The zero-order valence-electron chi connectivity index (χ0n) is 7.60. The minimum atomic E-state index is -3.46. The largest absolute Gasteiger partial charge is 0.388 e. The first-order valence-corrected chi connectivity index (χ1v) is 4.12. The van der Waals surface area contributed by atoms with E-state index in [-0.39, 0.29) is 0 Å². The van der Waals surface area contributed by atoms with Gasteiger partial charge < -0.3 is 26.4 Å². The van der Waals surface area contributed by atoms with E-state index < -0.39 is 36.3 Å². The highest BCUT2D eigenvalue weighted by atomic mass is 19.3. The number of nitrogens with two attached hydrogens (primary N) is 2. The lowest BCUT2D eigenvalue weighted by molar-refractivity contribution is -0.202. The second-order valence-electron chi connectivity index (χ2n) is 3.41. The highest BCUT2D eigenvalue weighted by Gasteiger charge is 2.58. The number of rotatable bonds is 1. The zero-order chi connectivity index (χ0) is 11.1. The molecule has 0 heterocycles. The Kier molecular flexibility index (Phi) is 3.07. The molecule has 0 aliphatic heterocycles. The molecule has 1 aliphatic rings. The van der Waals surface area contributed by atoms with Gasteiger partial charge in [0.25, 0.3) is 5.92 Å². The minimum absolute atomic E-state index is 1.13. The van der Waals surface area contributed by atoms with Gasteiger partial charge in [-0.25, -0.2) is 8.78 Å². The van der Waals surface area contributed by atoms with Crippen LogP contribution in [0.4, 0.5) is 8.78 Å². The average Bonchev–Trinajstić information content (AvgIpc) is 2.14. The lowest BCUT2D eigenvalue weighted by Crippen LogP contribution is -2.72. The number of hydrogen-bond acceptors (Lipinski definition) is 5. The van der Waals surface area contributed by atoms with Crippen LogP contribution < -0.4 is 11.5 Å². The highest BCUT2D eigenvalue weighted by Crippen LogP contribution is 2.33. The maximum Gasteiger partial charge on any atom is 0.282 e. The first kappa shape index (κ1) is 11.7. The summed E-state index contributed by atoms with van der Waals surface area (Å²) < 4.78 is 31.1. The van der Waals surface area contributed by atoms with E-state index in [0.717, 1.165) is 7.11 Å². The summed E-state index contributed by atoms with van der Waals surface area (Å²) in [6, 6.07) is -3.60. The number of ether oxygens (including phenoxy) is 1. The van der Waals surface area contributed by atoms with Crippen LogP contribution in [-0.4, -0.2) is 53.6 Å². The summed E-state index contributed by atoms with van der Waals surface area (Å²) in [5, 5.41) is 18.6. The quantitative estimate of drug-likeness (QED) is 0.404. The predicted molar refractivity (Wildman–Crippen MR) is 43.7 cm³/mol. The van der Waals surface area contributed by atoms with Gasteiger partial charge in [-0.3, -0.25) is 0 Å². The van der Waals surface area contributed by atoms with Crippen molar-refractivity contribution in [3.8, 4) is 0 Å². The van der Waals surface area contributed by atoms with Gasteiger partial charge in [-0.2, -0.15) is 0 Å². The number of hydrogen-bond donors (Lipinski definition) is 4. The van der Waals surface area contributed by atoms with Crippen LogP contribution in [0.2, 0.25) is 0 Å². The number of halogens is 2. The monoisotopic (exact) mass is 212 g/mol. The Hall–Kier alpha value is -0.340. The van der Waals surface area contributed by atoms with E-state index in [9.17, 15) is 19.0 Å². The fourth-order valence-corrected chi connectivity index (χ4v) is 1.57. The predicted octanol–water partition coefficient (Wildman–Crippen LogP) is -1.97. The molecule has 6 N–H and O–H groups in total. The molecule has 1 rings (SSSR count). The number of alkyl halides is 2. The Bertz CT molecular complexity index is 215. The maximum absolute atomic E-state index is 13.3. The smallest absolute Gasteiger partial charge is 0.282 e. The van der Waals surface area contributed by atoms with Crippen molar-refractivity contribution in [3.63, 3.8) is 0 Å². The summed E-state index contributed by atoms with van der Waals surface area (Å²) in [5.41, 5.74) is 10.2. The Morgan fingerprint density at radius 3 is 2.07 bits per heavy atom. The van der Waals surface area contributed by atoms with E-state index in [1.807, 2.05) is 0 Å². The van der Waals surface area contributed by atoms with Gasteiger partial charge in [0.2, 0.25) is 0 Å². The van der Waals surface area contributed by atoms with Crippen LogP contribution in [0.5, 0.6) is 0 Å². The van der Waals surface area contributed by atoms with Gasteiger partial charge in [0.15, 0.2) is 0 Å². The standard InChI is InChI=1S/C7H14F2N2O3/c1-14-4-2(12)3(13)5(10)7(8,9)6(4)11/h2-6,12-13H,10-11H2,1H3/t2-,3?,4+,5+,6-/m1/s1. The van der Waals surface area contributed by atoms with Gasteiger partial charge in [0, 0.05) is 7.11 Å². The first-order valence-electron chi connectivity index (χ1n) is 4.12. The van der Waals surface area contributed by atoms with Crippen LogP contribution in [-0.2, 0) is 4.74 Å². The molecule has 0 aromatic rings. The Morgan fingerprint density at radius 1 is 1.14 bits per heavy atom. The van der Waals surface area contributed by atoms with E-state index in [0.29, 0.717) is 0 Å². The van der Waals surface area contributed by atoms with Crippen LogP contribution in [0.15, 0.2) is 0 Å². The van der Waals surface area contributed by atoms with Crippen molar-refractivity contribution in [3.05, 3.63) is 0 Å². The number of methoxy groups -OCH3 is 1. The second kappa shape index (κ2) is 3.67. The highest BCUT2D eigenvalue weighted by molar-refractivity contribution is 5.07. The van der Waals surface area contributed by atoms with Crippen LogP contribution in [0.1, 0.15) is 0 Å². The molecule has 0 radical (unpaired) electrons. The zero-order valence-corrected chi connectivity index (χ0v) is 7.60. The van der Waals surface area contributed by atoms with Crippen molar-refractivity contribution in [2.45, 2.75) is 36.3 Å². The number of aliphatic hydroxyl groups is 2. The molecule has 1 fully saturated rings. The minimum Gasteiger partial charge on any atom is -0.388 e. The summed E-state index contributed by atoms with van der Waals surface area (Å²) in [4.78, 5) is 0. The molecule has 84 valence electrons. The van der Waals surface area contributed by atoms with Crippen LogP contribution in [0.25, 0.3) is 0 Å². The molecule has 0 aromatic heterocycles. The molecule has 0 aromatic carbocycles. The molecule has 5 atom stereocenters. The third kappa shape index (κ3) is 1.51. The first-order chi connectivity index (χ1) is 6.34. The van der Waals surface area contributed by atoms with Gasteiger partial charge in [-0.05, 0) is 0 Å². The Balaban J connectivity index is 2.95. The third-order valence-electron chi connectivity index (χ3n) is 2.57. The lowest BCUT2D eigenvalue weighted by atomic mass is 9.81. The molecule has 0 bridgehead atoms. The molecule has 0 spiro atoms. The van der Waals surface area contributed by atoms with E-state index in [1.165, 1.54) is 0 Å². The summed E-state index contributed by atoms with van der Waals surface area (Å²) in [7, 11) is 1.13. The fraction of sp³-hybridized carbons (Fsp3) is 1.00. The van der Waals surface area contributed by atoms with E-state index >= 15 is 0 Å². The molecule has 14 heavy (non-hydrogen) atoms. The SMILES string of the molecule is CO[C@H]1[C@H](O)C(O)[C@H](N)C(F)(F)[C@@H]1N. The molecule has 5 nitrogen and oxygen atoms in total. The molecule has 1 saturated carbocycles. The van der Waals surface area contributed by atoms with Crippen molar-refractivity contribution in [2.75, 3.05) is 7.11 Å². The molecule has 1 unspecified atom stereocenters. The maximum atomic E-state index is 13.3. The molecule has 1 aliphatic carbocycles. The Labute approximate surface area is 79.6 Å². The summed E-state index contributed by atoms with van der Waals surface area (Å²) in [6.45, 7) is 0. The Morgan fingerprint density at radius 2 is 1.64 bits per heavy atom. The van der Waals surface area contributed by atoms with Crippen LogP contribution in [0.3, 0.4) is 0 Å². The van der Waals surface area contributed by atoms with Crippen LogP contribution in [0, 0.1) is 0 Å². The van der Waals surface area contributed by atoms with Crippen molar-refractivity contribution in [2.24, 2.45) is 11.5 Å². The van der Waals surface area contributed by atoms with Gasteiger partial charge in [0.1, 0.15) is 18.3 Å². The van der Waals surface area contributed by atoms with E-state index in [1.54, 1.807) is 0 Å². The second-order valence-corrected chi connectivity index (χ2v) is 3.41. The third-order valence-corrected chi connectivity index (χ3v) is 2.57. The van der Waals surface area contributed by atoms with Crippen molar-refractivity contribution in [1.29, 1.82) is 0 Å². The van der Waals surface area contributed by atoms with Crippen LogP contribution >= 0.6 is 0 Å². The van der Waals surface area contributed by atoms with Crippen molar-refractivity contribution >= 4 is 0 Å². The van der Waals surface area contributed by atoms with Crippen molar-refractivity contribution in [1.82, 2.24) is 0 Å².